The van der Waals surface area contributed by atoms with E-state index in [4.69, 9.17) is 4.74 Å². The van der Waals surface area contributed by atoms with Gasteiger partial charge in [-0.1, -0.05) is 18.2 Å². The van der Waals surface area contributed by atoms with Gasteiger partial charge in [-0.3, -0.25) is 4.99 Å². The number of alkyl halides is 2. The minimum absolute atomic E-state index is 0. The Morgan fingerprint density at radius 2 is 1.85 bits per heavy atom. The Morgan fingerprint density at radius 3 is 2.37 bits per heavy atom. The van der Waals surface area contributed by atoms with Crippen molar-refractivity contribution in [1.82, 2.24) is 15.2 Å². The van der Waals surface area contributed by atoms with Gasteiger partial charge in [0.1, 0.15) is 5.75 Å². The van der Waals surface area contributed by atoms with Crippen LogP contribution >= 0.6 is 24.0 Å². The highest BCUT2D eigenvalue weighted by Crippen LogP contribution is 2.15. The number of halogens is 3. The van der Waals surface area contributed by atoms with Gasteiger partial charge in [0.2, 0.25) is 5.88 Å². The molecular weight excluding hydrogens is 469 g/mol. The Morgan fingerprint density at radius 1 is 1.19 bits per heavy atom. The topological polar surface area (TPSA) is 59.0 Å². The predicted molar refractivity (Wildman–Crippen MR) is 111 cm³/mol. The number of hydrogen-bond acceptors (Lipinski definition) is 4. The summed E-state index contributed by atoms with van der Waals surface area (Å²) < 4.78 is 33.8. The molecule has 27 heavy (non-hydrogen) atoms. The van der Waals surface area contributed by atoms with Gasteiger partial charge >= 0.3 is 6.61 Å². The molecule has 9 heteroatoms. The standard InChI is InChI=1S/C18H22F2N4O2.HI/c1-21-18(23-11-14-6-9-16(25-3)22-10-14)24(2)12-13-4-7-15(8-5-13)26-17(19)20;/h4-10,17H,11-12H2,1-3H3,(H,21,23);1H. The van der Waals surface area contributed by atoms with E-state index in [2.05, 4.69) is 20.0 Å². The molecule has 0 aliphatic carbocycles. The van der Waals surface area contributed by atoms with Crippen LogP contribution in [0.1, 0.15) is 11.1 Å². The number of aromatic nitrogens is 1. The Hall–Kier alpha value is -2.17. The first-order chi connectivity index (χ1) is 12.5. The normalized spacial score (nSPS) is 11.0. The molecule has 0 unspecified atom stereocenters. The van der Waals surface area contributed by atoms with Gasteiger partial charge in [-0.2, -0.15) is 8.78 Å². The summed E-state index contributed by atoms with van der Waals surface area (Å²) in [7, 11) is 5.17. The summed E-state index contributed by atoms with van der Waals surface area (Å²) in [5.74, 6) is 1.41. The van der Waals surface area contributed by atoms with E-state index in [-0.39, 0.29) is 29.7 Å². The Bertz CT molecular complexity index is 712. The van der Waals surface area contributed by atoms with Gasteiger partial charge in [0.05, 0.1) is 7.11 Å². The third kappa shape index (κ3) is 7.53. The number of rotatable bonds is 7. The fraction of sp³-hybridized carbons (Fsp3) is 0.333. The molecule has 0 atom stereocenters. The third-order valence-electron chi connectivity index (χ3n) is 3.60. The number of nitrogens with zero attached hydrogens (tertiary/aromatic N) is 3. The van der Waals surface area contributed by atoms with Crippen LogP contribution in [-0.2, 0) is 13.1 Å². The maximum Gasteiger partial charge on any atom is 0.387 e. The highest BCUT2D eigenvalue weighted by Gasteiger charge is 2.08. The summed E-state index contributed by atoms with van der Waals surface area (Å²) in [4.78, 5) is 10.3. The quantitative estimate of drug-likeness (QED) is 0.364. The molecule has 1 aromatic heterocycles. The van der Waals surface area contributed by atoms with Crippen LogP contribution in [-0.4, -0.2) is 43.7 Å². The Labute approximate surface area is 174 Å². The highest BCUT2D eigenvalue weighted by atomic mass is 127. The van der Waals surface area contributed by atoms with E-state index in [0.717, 1.165) is 11.1 Å². The van der Waals surface area contributed by atoms with Crippen molar-refractivity contribution in [3.05, 3.63) is 53.7 Å². The first-order valence-corrected chi connectivity index (χ1v) is 7.96. The van der Waals surface area contributed by atoms with E-state index < -0.39 is 6.61 Å². The monoisotopic (exact) mass is 492 g/mol. The van der Waals surface area contributed by atoms with Crippen molar-refractivity contribution >= 4 is 29.9 Å². The molecular formula is C18H23F2IN4O2. The zero-order chi connectivity index (χ0) is 18.9. The van der Waals surface area contributed by atoms with Crippen molar-refractivity contribution in [3.8, 4) is 11.6 Å². The smallest absolute Gasteiger partial charge is 0.387 e. The van der Waals surface area contributed by atoms with Crippen molar-refractivity contribution < 1.29 is 18.3 Å². The van der Waals surface area contributed by atoms with Crippen LogP contribution in [0.4, 0.5) is 8.78 Å². The second kappa shape index (κ2) is 11.5. The first-order valence-electron chi connectivity index (χ1n) is 7.96. The van der Waals surface area contributed by atoms with Crippen molar-refractivity contribution in [2.75, 3.05) is 21.2 Å². The molecule has 0 aliphatic heterocycles. The average Bonchev–Trinajstić information content (AvgIpc) is 2.64. The lowest BCUT2D eigenvalue weighted by atomic mass is 10.2. The van der Waals surface area contributed by atoms with E-state index >= 15 is 0 Å². The molecule has 1 heterocycles. The summed E-state index contributed by atoms with van der Waals surface area (Å²) in [6, 6.07) is 10.3. The van der Waals surface area contributed by atoms with E-state index in [1.165, 1.54) is 12.1 Å². The maximum absolute atomic E-state index is 12.2. The molecule has 6 nitrogen and oxygen atoms in total. The summed E-state index contributed by atoms with van der Waals surface area (Å²) in [6.45, 7) is -1.69. The molecule has 2 aromatic rings. The maximum atomic E-state index is 12.2. The molecule has 1 N–H and O–H groups in total. The average molecular weight is 492 g/mol. The minimum Gasteiger partial charge on any atom is -0.481 e. The molecule has 0 saturated heterocycles. The second-order valence-electron chi connectivity index (χ2n) is 5.49. The number of methoxy groups -OCH3 is 1. The van der Waals surface area contributed by atoms with Crippen molar-refractivity contribution in [3.63, 3.8) is 0 Å². The van der Waals surface area contributed by atoms with Crippen LogP contribution in [0.2, 0.25) is 0 Å². The molecule has 1 aromatic carbocycles. The first kappa shape index (κ1) is 22.9. The molecule has 0 bridgehead atoms. The highest BCUT2D eigenvalue weighted by molar-refractivity contribution is 14.0. The largest absolute Gasteiger partial charge is 0.481 e. The van der Waals surface area contributed by atoms with Gasteiger partial charge < -0.3 is 19.7 Å². The van der Waals surface area contributed by atoms with Crippen LogP contribution in [0.5, 0.6) is 11.6 Å². The summed E-state index contributed by atoms with van der Waals surface area (Å²) in [5, 5.41) is 3.25. The number of hydrogen-bond donors (Lipinski definition) is 1. The molecule has 0 amide bonds. The summed E-state index contributed by atoms with van der Waals surface area (Å²) >= 11 is 0. The van der Waals surface area contributed by atoms with E-state index in [1.54, 1.807) is 38.6 Å². The molecule has 0 radical (unpaired) electrons. The fourth-order valence-electron chi connectivity index (χ4n) is 2.33. The van der Waals surface area contributed by atoms with Crippen molar-refractivity contribution in [2.24, 2.45) is 4.99 Å². The predicted octanol–water partition coefficient (Wildman–Crippen LogP) is 3.52. The van der Waals surface area contributed by atoms with Gasteiger partial charge in [-0.25, -0.2) is 4.98 Å². The lowest BCUT2D eigenvalue weighted by Gasteiger charge is -2.22. The van der Waals surface area contributed by atoms with Crippen LogP contribution in [0.25, 0.3) is 0 Å². The molecule has 0 saturated carbocycles. The molecule has 0 fully saturated rings. The van der Waals surface area contributed by atoms with Gasteiger partial charge in [0, 0.05) is 39.4 Å². The number of guanidine groups is 1. The molecule has 0 aliphatic rings. The molecule has 148 valence electrons. The van der Waals surface area contributed by atoms with Gasteiger partial charge in [0.15, 0.2) is 5.96 Å². The minimum atomic E-state index is -2.82. The lowest BCUT2D eigenvalue weighted by molar-refractivity contribution is -0.0498. The van der Waals surface area contributed by atoms with E-state index in [1.807, 2.05) is 18.0 Å². The van der Waals surface area contributed by atoms with E-state index in [9.17, 15) is 8.78 Å². The van der Waals surface area contributed by atoms with Crippen LogP contribution in [0.3, 0.4) is 0 Å². The SMILES string of the molecule is CN=C(NCc1ccc(OC)nc1)N(C)Cc1ccc(OC(F)F)cc1.I. The lowest BCUT2D eigenvalue weighted by Crippen LogP contribution is -2.38. The molecule has 0 spiro atoms. The number of ether oxygens (including phenoxy) is 2. The number of benzene rings is 1. The van der Waals surface area contributed by atoms with Gasteiger partial charge in [0.25, 0.3) is 0 Å². The van der Waals surface area contributed by atoms with Crippen molar-refractivity contribution in [2.45, 2.75) is 19.7 Å². The second-order valence-corrected chi connectivity index (χ2v) is 5.49. The summed E-state index contributed by atoms with van der Waals surface area (Å²) in [6.07, 6.45) is 1.74. The Kier molecular flexibility index (Phi) is 9.76. The van der Waals surface area contributed by atoms with Crippen molar-refractivity contribution in [1.29, 1.82) is 0 Å². The van der Waals surface area contributed by atoms with Gasteiger partial charge in [-0.15, -0.1) is 24.0 Å². The van der Waals surface area contributed by atoms with Crippen LogP contribution < -0.4 is 14.8 Å². The number of nitrogens with one attached hydrogen (secondary N) is 1. The zero-order valence-electron chi connectivity index (χ0n) is 15.4. The Balaban J connectivity index is 0.00000364. The number of aliphatic imine (C=N–C) groups is 1. The van der Waals surface area contributed by atoms with E-state index in [0.29, 0.717) is 24.9 Å². The van der Waals surface area contributed by atoms with Gasteiger partial charge in [-0.05, 0) is 23.3 Å². The van der Waals surface area contributed by atoms with Crippen LogP contribution in [0.15, 0.2) is 47.6 Å². The zero-order valence-corrected chi connectivity index (χ0v) is 17.7. The third-order valence-corrected chi connectivity index (χ3v) is 3.60. The molecule has 2 rings (SSSR count). The summed E-state index contributed by atoms with van der Waals surface area (Å²) in [5.41, 5.74) is 1.94. The van der Waals surface area contributed by atoms with Crippen LogP contribution in [0, 0.1) is 0 Å². The fourth-order valence-corrected chi connectivity index (χ4v) is 2.33. The number of pyridine rings is 1.